The Labute approximate surface area is 109 Å². The van der Waals surface area contributed by atoms with Crippen LogP contribution >= 0.6 is 0 Å². The molecular weight excluding hydrogens is 242 g/mol. The van der Waals surface area contributed by atoms with Crippen molar-refractivity contribution in [1.29, 1.82) is 0 Å². The predicted octanol–water partition coefficient (Wildman–Crippen LogP) is 2.43. The molecule has 3 rings (SSSR count). The minimum Gasteiger partial charge on any atom is -0.478 e. The lowest BCUT2D eigenvalue weighted by atomic mass is 10.2. The summed E-state index contributed by atoms with van der Waals surface area (Å²) < 4.78 is 1.70. The maximum Gasteiger partial charge on any atom is 0.337 e. The second-order valence-electron chi connectivity index (χ2n) is 4.22. The minimum absolute atomic E-state index is 0.209. The first-order valence-corrected chi connectivity index (χ1v) is 5.81. The molecule has 0 bridgehead atoms. The Morgan fingerprint density at radius 2 is 2.00 bits per heavy atom. The zero-order chi connectivity index (χ0) is 13.4. The molecule has 0 saturated heterocycles. The number of benzene rings is 1. The highest BCUT2D eigenvalue weighted by Crippen LogP contribution is 2.17. The van der Waals surface area contributed by atoms with E-state index in [0.29, 0.717) is 11.5 Å². The van der Waals surface area contributed by atoms with Crippen LogP contribution in [0.1, 0.15) is 16.1 Å². The first kappa shape index (κ1) is 11.4. The standard InChI is InChI=1S/C14H11N3O2/c1-9-11(14(18)19)6-7-13(16-9)17-12-5-3-2-4-10(12)8-15-17/h2-8H,1H3,(H,18,19). The molecule has 5 nitrogen and oxygen atoms in total. The predicted molar refractivity (Wildman–Crippen MR) is 70.6 cm³/mol. The van der Waals surface area contributed by atoms with Gasteiger partial charge in [0.2, 0.25) is 0 Å². The molecule has 94 valence electrons. The average molecular weight is 253 g/mol. The molecule has 3 aromatic rings. The van der Waals surface area contributed by atoms with Crippen LogP contribution in [0.2, 0.25) is 0 Å². The van der Waals surface area contributed by atoms with Gasteiger partial charge in [0, 0.05) is 5.39 Å². The molecule has 2 aromatic heterocycles. The zero-order valence-corrected chi connectivity index (χ0v) is 10.2. The van der Waals surface area contributed by atoms with Crippen LogP contribution in [-0.2, 0) is 0 Å². The molecule has 1 N–H and O–H groups in total. The number of carboxylic acids is 1. The zero-order valence-electron chi connectivity index (χ0n) is 10.2. The van der Waals surface area contributed by atoms with Crippen molar-refractivity contribution in [3.8, 4) is 5.82 Å². The number of hydrogen-bond donors (Lipinski definition) is 1. The van der Waals surface area contributed by atoms with E-state index in [9.17, 15) is 4.79 Å². The molecule has 19 heavy (non-hydrogen) atoms. The van der Waals surface area contributed by atoms with Crippen molar-refractivity contribution in [3.63, 3.8) is 0 Å². The minimum atomic E-state index is -0.970. The van der Waals surface area contributed by atoms with Gasteiger partial charge in [-0.2, -0.15) is 5.10 Å². The summed E-state index contributed by atoms with van der Waals surface area (Å²) in [6, 6.07) is 11.0. The molecule has 1 aromatic carbocycles. The fraction of sp³-hybridized carbons (Fsp3) is 0.0714. The van der Waals surface area contributed by atoms with Crippen LogP contribution in [0.4, 0.5) is 0 Å². The van der Waals surface area contributed by atoms with Gasteiger partial charge in [-0.05, 0) is 25.1 Å². The van der Waals surface area contributed by atoms with E-state index in [2.05, 4.69) is 10.1 Å². The lowest BCUT2D eigenvalue weighted by Gasteiger charge is -2.05. The Morgan fingerprint density at radius 1 is 1.21 bits per heavy atom. The number of pyridine rings is 1. The summed E-state index contributed by atoms with van der Waals surface area (Å²) in [5.41, 5.74) is 1.63. The molecule has 0 fully saturated rings. The average Bonchev–Trinajstić information content (AvgIpc) is 2.82. The SMILES string of the molecule is Cc1nc(-n2ncc3ccccc32)ccc1C(=O)O. The summed E-state index contributed by atoms with van der Waals surface area (Å²) >= 11 is 0. The van der Waals surface area contributed by atoms with Crippen LogP contribution < -0.4 is 0 Å². The maximum atomic E-state index is 11.0. The van der Waals surface area contributed by atoms with Crippen molar-refractivity contribution in [3.05, 3.63) is 53.9 Å². The normalized spacial score (nSPS) is 10.8. The van der Waals surface area contributed by atoms with Crippen molar-refractivity contribution >= 4 is 16.9 Å². The fourth-order valence-electron chi connectivity index (χ4n) is 2.05. The molecule has 0 aliphatic heterocycles. The van der Waals surface area contributed by atoms with Crippen LogP contribution in [0, 0.1) is 6.92 Å². The molecule has 5 heteroatoms. The molecule has 0 spiro atoms. The van der Waals surface area contributed by atoms with E-state index in [0.717, 1.165) is 10.9 Å². The Hall–Kier alpha value is -2.69. The Morgan fingerprint density at radius 3 is 2.74 bits per heavy atom. The van der Waals surface area contributed by atoms with Gasteiger partial charge in [0.1, 0.15) is 0 Å². The van der Waals surface area contributed by atoms with Gasteiger partial charge in [-0.1, -0.05) is 18.2 Å². The van der Waals surface area contributed by atoms with E-state index in [1.807, 2.05) is 24.3 Å². The van der Waals surface area contributed by atoms with Crippen molar-refractivity contribution < 1.29 is 9.90 Å². The number of aryl methyl sites for hydroxylation is 1. The largest absolute Gasteiger partial charge is 0.478 e. The van der Waals surface area contributed by atoms with Gasteiger partial charge >= 0.3 is 5.97 Å². The topological polar surface area (TPSA) is 68.0 Å². The molecule has 0 unspecified atom stereocenters. The number of aromatic nitrogens is 3. The Balaban J connectivity index is 2.17. The first-order chi connectivity index (χ1) is 9.16. The van der Waals surface area contributed by atoms with Crippen molar-refractivity contribution in [2.75, 3.05) is 0 Å². The summed E-state index contributed by atoms with van der Waals surface area (Å²) in [5, 5.41) is 14.3. The van der Waals surface area contributed by atoms with Gasteiger partial charge in [0.15, 0.2) is 5.82 Å². The van der Waals surface area contributed by atoms with Crippen LogP contribution in [0.25, 0.3) is 16.7 Å². The van der Waals surface area contributed by atoms with Gasteiger partial charge in [0.05, 0.1) is 23.0 Å². The highest BCUT2D eigenvalue weighted by molar-refractivity contribution is 5.89. The van der Waals surface area contributed by atoms with E-state index < -0.39 is 5.97 Å². The highest BCUT2D eigenvalue weighted by atomic mass is 16.4. The van der Waals surface area contributed by atoms with Gasteiger partial charge in [-0.15, -0.1) is 0 Å². The molecule has 0 saturated carbocycles. The maximum absolute atomic E-state index is 11.0. The van der Waals surface area contributed by atoms with Gasteiger partial charge in [-0.25, -0.2) is 14.5 Å². The molecule has 2 heterocycles. The monoisotopic (exact) mass is 253 g/mol. The number of carboxylic acid groups (broad SMARTS) is 1. The van der Waals surface area contributed by atoms with Crippen LogP contribution in [0.5, 0.6) is 0 Å². The summed E-state index contributed by atoms with van der Waals surface area (Å²) in [6.07, 6.45) is 1.76. The lowest BCUT2D eigenvalue weighted by Crippen LogP contribution is -2.06. The molecular formula is C14H11N3O2. The number of nitrogens with zero attached hydrogens (tertiary/aromatic N) is 3. The van der Waals surface area contributed by atoms with E-state index in [1.54, 1.807) is 29.9 Å². The van der Waals surface area contributed by atoms with Gasteiger partial charge in [-0.3, -0.25) is 0 Å². The number of hydrogen-bond acceptors (Lipinski definition) is 3. The smallest absolute Gasteiger partial charge is 0.337 e. The third kappa shape index (κ3) is 1.85. The molecule has 0 aliphatic rings. The lowest BCUT2D eigenvalue weighted by molar-refractivity contribution is 0.0695. The van der Waals surface area contributed by atoms with E-state index in [-0.39, 0.29) is 5.56 Å². The third-order valence-electron chi connectivity index (χ3n) is 3.00. The number of fused-ring (bicyclic) bond motifs is 1. The number of carbonyl (C=O) groups is 1. The summed E-state index contributed by atoms with van der Waals surface area (Å²) in [4.78, 5) is 15.3. The highest BCUT2D eigenvalue weighted by Gasteiger charge is 2.11. The number of aromatic carboxylic acids is 1. The Kier molecular flexibility index (Phi) is 2.52. The van der Waals surface area contributed by atoms with Crippen molar-refractivity contribution in [1.82, 2.24) is 14.8 Å². The van der Waals surface area contributed by atoms with Crippen molar-refractivity contribution in [2.45, 2.75) is 6.92 Å². The summed E-state index contributed by atoms with van der Waals surface area (Å²) in [5.74, 6) is -0.356. The quantitative estimate of drug-likeness (QED) is 0.761. The second-order valence-corrected chi connectivity index (χ2v) is 4.22. The summed E-state index contributed by atoms with van der Waals surface area (Å²) in [6.45, 7) is 1.68. The Bertz CT molecular complexity index is 777. The van der Waals surface area contributed by atoms with E-state index in [4.69, 9.17) is 5.11 Å². The first-order valence-electron chi connectivity index (χ1n) is 5.81. The van der Waals surface area contributed by atoms with Crippen LogP contribution in [0.3, 0.4) is 0 Å². The van der Waals surface area contributed by atoms with Crippen molar-refractivity contribution in [2.24, 2.45) is 0 Å². The van der Waals surface area contributed by atoms with Crippen LogP contribution in [0.15, 0.2) is 42.6 Å². The molecule has 0 atom stereocenters. The van der Waals surface area contributed by atoms with Gasteiger partial charge < -0.3 is 5.11 Å². The molecule has 0 radical (unpaired) electrons. The molecule has 0 amide bonds. The molecule has 0 aliphatic carbocycles. The third-order valence-corrected chi connectivity index (χ3v) is 3.00. The number of para-hydroxylation sites is 1. The van der Waals surface area contributed by atoms with E-state index >= 15 is 0 Å². The van der Waals surface area contributed by atoms with Crippen LogP contribution in [-0.4, -0.2) is 25.8 Å². The van der Waals surface area contributed by atoms with E-state index in [1.165, 1.54) is 0 Å². The number of rotatable bonds is 2. The van der Waals surface area contributed by atoms with Gasteiger partial charge in [0.25, 0.3) is 0 Å². The summed E-state index contributed by atoms with van der Waals surface area (Å²) in [7, 11) is 0. The fourth-order valence-corrected chi connectivity index (χ4v) is 2.05. The second kappa shape index (κ2) is 4.20.